The zero-order valence-corrected chi connectivity index (χ0v) is 21.1. The number of carbonyl (C=O) groups is 2. The molecule has 0 aromatic heterocycles. The molecule has 0 saturated carbocycles. The second-order valence-electron chi connectivity index (χ2n) is 7.29. The minimum atomic E-state index is -3.70. The summed E-state index contributed by atoms with van der Waals surface area (Å²) in [6, 6.07) is 22.5. The van der Waals surface area contributed by atoms with Crippen LogP contribution in [0.15, 0.2) is 88.4 Å². The van der Waals surface area contributed by atoms with E-state index in [2.05, 4.69) is 31.8 Å². The van der Waals surface area contributed by atoms with Crippen molar-refractivity contribution < 1.29 is 22.7 Å². The molecule has 0 bridgehead atoms. The van der Waals surface area contributed by atoms with E-state index >= 15 is 0 Å². The van der Waals surface area contributed by atoms with Crippen LogP contribution >= 0.6 is 15.9 Å². The molecule has 9 nitrogen and oxygen atoms in total. The van der Waals surface area contributed by atoms with Crippen molar-refractivity contribution in [2.45, 2.75) is 0 Å². The molecule has 0 aliphatic rings. The van der Waals surface area contributed by atoms with Gasteiger partial charge >= 0.3 is 0 Å². The van der Waals surface area contributed by atoms with Gasteiger partial charge in [-0.3, -0.25) is 13.9 Å². The van der Waals surface area contributed by atoms with Gasteiger partial charge in [-0.15, -0.1) is 0 Å². The number of hydrogen-bond donors (Lipinski definition) is 2. The van der Waals surface area contributed by atoms with Gasteiger partial charge in [0.2, 0.25) is 10.0 Å². The molecule has 2 amide bonds. The maximum absolute atomic E-state index is 12.3. The van der Waals surface area contributed by atoms with Crippen LogP contribution in [0.25, 0.3) is 0 Å². The van der Waals surface area contributed by atoms with Crippen molar-refractivity contribution in [3.63, 3.8) is 0 Å². The van der Waals surface area contributed by atoms with Gasteiger partial charge in [0.15, 0.2) is 6.61 Å². The first-order valence-corrected chi connectivity index (χ1v) is 13.0. The number of halogens is 1. The number of para-hydroxylation sites is 2. The summed E-state index contributed by atoms with van der Waals surface area (Å²) in [5, 5.41) is 6.61. The monoisotopic (exact) mass is 558 g/mol. The SMILES string of the molecule is CS(=O)(=O)N(CC(=O)N/N=C\c1ccc(OCC(=O)Nc2ccccc2)cc1)c1ccccc1Br. The molecule has 11 heteroatoms. The van der Waals surface area contributed by atoms with Crippen LogP contribution < -0.4 is 19.8 Å². The summed E-state index contributed by atoms with van der Waals surface area (Å²) in [7, 11) is -3.70. The smallest absolute Gasteiger partial charge is 0.262 e. The van der Waals surface area contributed by atoms with Gasteiger partial charge in [0.05, 0.1) is 18.2 Å². The lowest BCUT2D eigenvalue weighted by molar-refractivity contribution is -0.119. The fourth-order valence-corrected chi connectivity index (χ4v) is 4.38. The van der Waals surface area contributed by atoms with E-state index in [0.29, 0.717) is 27.2 Å². The molecule has 0 fully saturated rings. The van der Waals surface area contributed by atoms with Crippen LogP contribution in [0.3, 0.4) is 0 Å². The van der Waals surface area contributed by atoms with Gasteiger partial charge in [0.1, 0.15) is 12.3 Å². The normalized spacial score (nSPS) is 11.1. The summed E-state index contributed by atoms with van der Waals surface area (Å²) in [6.07, 6.45) is 2.44. The highest BCUT2D eigenvalue weighted by molar-refractivity contribution is 9.10. The van der Waals surface area contributed by atoms with Crippen LogP contribution in [-0.2, 0) is 19.6 Å². The number of hydrazone groups is 1. The highest BCUT2D eigenvalue weighted by atomic mass is 79.9. The van der Waals surface area contributed by atoms with Gasteiger partial charge in [-0.2, -0.15) is 5.10 Å². The number of benzene rings is 3. The standard InChI is InChI=1S/C24H23BrN4O5S/c1-35(32,33)29(22-10-6-5-9-21(22)25)16-23(30)28-26-15-18-11-13-20(14-12-18)34-17-24(31)27-19-7-3-2-4-8-19/h2-15H,16-17H2,1H3,(H,27,31)(H,28,30)/b26-15-. The minimum Gasteiger partial charge on any atom is -0.484 e. The number of carbonyl (C=O) groups excluding carboxylic acids is 2. The van der Waals surface area contributed by atoms with E-state index in [1.165, 1.54) is 6.21 Å². The summed E-state index contributed by atoms with van der Waals surface area (Å²) >= 11 is 3.30. The number of rotatable bonds is 10. The lowest BCUT2D eigenvalue weighted by atomic mass is 10.2. The van der Waals surface area contributed by atoms with Gasteiger partial charge in [-0.05, 0) is 70.0 Å². The Labute approximate surface area is 212 Å². The summed E-state index contributed by atoms with van der Waals surface area (Å²) in [4.78, 5) is 24.3. The van der Waals surface area contributed by atoms with Crippen molar-refractivity contribution in [3.05, 3.63) is 88.9 Å². The Morgan fingerprint density at radius 2 is 1.63 bits per heavy atom. The summed E-state index contributed by atoms with van der Waals surface area (Å²) in [5.74, 6) is -0.395. The van der Waals surface area contributed by atoms with E-state index in [0.717, 1.165) is 10.6 Å². The van der Waals surface area contributed by atoms with Gasteiger partial charge in [-0.1, -0.05) is 30.3 Å². The predicted octanol–water partition coefficient (Wildman–Crippen LogP) is 3.38. The third-order valence-electron chi connectivity index (χ3n) is 4.52. The second-order valence-corrected chi connectivity index (χ2v) is 10.0. The summed E-state index contributed by atoms with van der Waals surface area (Å²) in [6.45, 7) is -0.580. The second kappa shape index (κ2) is 12.1. The van der Waals surface area contributed by atoms with Crippen molar-refractivity contribution in [1.82, 2.24) is 5.43 Å². The minimum absolute atomic E-state index is 0.146. The lowest BCUT2D eigenvalue weighted by Gasteiger charge is -2.22. The molecule has 0 radical (unpaired) electrons. The van der Waals surface area contributed by atoms with Crippen LogP contribution in [0.5, 0.6) is 5.75 Å². The molecule has 0 aliphatic carbocycles. The molecule has 182 valence electrons. The van der Waals surface area contributed by atoms with Crippen molar-refractivity contribution >= 4 is 55.4 Å². The molecule has 0 unspecified atom stereocenters. The molecule has 3 rings (SSSR count). The molecular formula is C24H23BrN4O5S. The molecule has 35 heavy (non-hydrogen) atoms. The molecule has 0 saturated heterocycles. The molecule has 0 heterocycles. The number of ether oxygens (including phenoxy) is 1. The van der Waals surface area contributed by atoms with Gasteiger partial charge in [0, 0.05) is 10.2 Å². The number of sulfonamides is 1. The maximum atomic E-state index is 12.3. The van der Waals surface area contributed by atoms with Crippen molar-refractivity contribution in [1.29, 1.82) is 0 Å². The third-order valence-corrected chi connectivity index (χ3v) is 6.32. The Balaban J connectivity index is 1.50. The number of anilines is 2. The third kappa shape index (κ3) is 8.23. The summed E-state index contributed by atoms with van der Waals surface area (Å²) in [5.41, 5.74) is 4.02. The van der Waals surface area contributed by atoms with Crippen LogP contribution in [0.1, 0.15) is 5.56 Å². The van der Waals surface area contributed by atoms with Crippen molar-refractivity contribution in [3.8, 4) is 5.75 Å². The molecular weight excluding hydrogens is 536 g/mol. The molecule has 0 aliphatic heterocycles. The van der Waals surface area contributed by atoms with Crippen molar-refractivity contribution in [2.24, 2.45) is 5.10 Å². The zero-order chi connectivity index (χ0) is 25.3. The predicted molar refractivity (Wildman–Crippen MR) is 139 cm³/mol. The number of hydrogen-bond acceptors (Lipinski definition) is 6. The van der Waals surface area contributed by atoms with E-state index in [1.54, 1.807) is 60.7 Å². The first-order valence-electron chi connectivity index (χ1n) is 10.3. The number of nitrogens with zero attached hydrogens (tertiary/aromatic N) is 2. The van der Waals surface area contributed by atoms with Gasteiger partial charge < -0.3 is 10.1 Å². The molecule has 3 aromatic rings. The Kier molecular flexibility index (Phi) is 8.98. The van der Waals surface area contributed by atoms with Crippen LogP contribution in [0.4, 0.5) is 11.4 Å². The van der Waals surface area contributed by atoms with E-state index < -0.39 is 22.5 Å². The quantitative estimate of drug-likeness (QED) is 0.292. The first-order chi connectivity index (χ1) is 16.7. The van der Waals surface area contributed by atoms with Crippen LogP contribution in [-0.4, -0.2) is 45.9 Å². The van der Waals surface area contributed by atoms with Gasteiger partial charge in [0.25, 0.3) is 11.8 Å². The Morgan fingerprint density at radius 3 is 2.29 bits per heavy atom. The first kappa shape index (κ1) is 25.9. The average Bonchev–Trinajstić information content (AvgIpc) is 2.82. The summed E-state index contributed by atoms with van der Waals surface area (Å²) < 4.78 is 31.4. The maximum Gasteiger partial charge on any atom is 0.262 e. The fourth-order valence-electron chi connectivity index (χ4n) is 2.90. The fraction of sp³-hybridized carbons (Fsp3) is 0.125. The lowest BCUT2D eigenvalue weighted by Crippen LogP contribution is -2.39. The number of amides is 2. The Morgan fingerprint density at radius 1 is 0.971 bits per heavy atom. The van der Waals surface area contributed by atoms with E-state index in [4.69, 9.17) is 4.74 Å². The largest absolute Gasteiger partial charge is 0.484 e. The molecule has 0 spiro atoms. The number of nitrogens with one attached hydrogen (secondary N) is 2. The Bertz CT molecular complexity index is 1300. The van der Waals surface area contributed by atoms with Crippen LogP contribution in [0.2, 0.25) is 0 Å². The van der Waals surface area contributed by atoms with Crippen LogP contribution in [0, 0.1) is 0 Å². The highest BCUT2D eigenvalue weighted by Crippen LogP contribution is 2.27. The molecule has 3 aromatic carbocycles. The zero-order valence-electron chi connectivity index (χ0n) is 18.7. The Hall–Kier alpha value is -3.70. The highest BCUT2D eigenvalue weighted by Gasteiger charge is 2.22. The van der Waals surface area contributed by atoms with E-state index in [-0.39, 0.29) is 12.5 Å². The molecule has 0 atom stereocenters. The topological polar surface area (TPSA) is 117 Å². The van der Waals surface area contributed by atoms with E-state index in [9.17, 15) is 18.0 Å². The van der Waals surface area contributed by atoms with Crippen molar-refractivity contribution in [2.75, 3.05) is 29.0 Å². The van der Waals surface area contributed by atoms with Gasteiger partial charge in [-0.25, -0.2) is 13.8 Å². The van der Waals surface area contributed by atoms with E-state index in [1.807, 2.05) is 18.2 Å². The molecule has 2 N–H and O–H groups in total. The average molecular weight is 559 g/mol.